The van der Waals surface area contributed by atoms with Crippen LogP contribution >= 0.6 is 0 Å². The Balaban J connectivity index is 1.82. The minimum Gasteiger partial charge on any atom is -0.496 e. The topological polar surface area (TPSA) is 65.2 Å². The molecule has 0 aliphatic carbocycles. The molecule has 0 amide bonds. The van der Waals surface area contributed by atoms with E-state index in [0.717, 1.165) is 22.6 Å². The fraction of sp³-hybridized carbons (Fsp3) is 0.176. The summed E-state index contributed by atoms with van der Waals surface area (Å²) < 4.78 is 7.26. The maximum absolute atomic E-state index is 5.51. The van der Waals surface area contributed by atoms with E-state index in [1.807, 2.05) is 42.5 Å². The lowest BCUT2D eigenvalue weighted by Gasteiger charge is -2.24. The summed E-state index contributed by atoms with van der Waals surface area (Å²) in [6.07, 6.45) is 0.711. The van der Waals surface area contributed by atoms with Crippen LogP contribution in [0.15, 0.2) is 59.6 Å². The molecule has 1 aliphatic rings. The van der Waals surface area contributed by atoms with Crippen molar-refractivity contribution in [3.63, 3.8) is 0 Å². The maximum Gasteiger partial charge on any atom is 0.269 e. The summed E-state index contributed by atoms with van der Waals surface area (Å²) in [6.45, 7) is 0. The highest BCUT2D eigenvalue weighted by atomic mass is 16.5. The van der Waals surface area contributed by atoms with Gasteiger partial charge in [0.05, 0.1) is 18.9 Å². The molecule has 0 saturated heterocycles. The Morgan fingerprint density at radius 2 is 1.83 bits per heavy atom. The van der Waals surface area contributed by atoms with Gasteiger partial charge in [-0.25, -0.2) is 9.67 Å². The summed E-state index contributed by atoms with van der Waals surface area (Å²) in [6, 6.07) is 18.0. The third kappa shape index (κ3) is 2.38. The summed E-state index contributed by atoms with van der Waals surface area (Å²) in [5.41, 5.74) is 3.11. The van der Waals surface area contributed by atoms with Crippen LogP contribution in [0.5, 0.6) is 5.75 Å². The second-order valence-corrected chi connectivity index (χ2v) is 5.31. The standard InChI is InChI=1S/C17H15N5O/c1-23-16-10-6-5-9-13(16)15-11-14(12-7-3-2-4-8-12)18-17-19-20-21-22(15)17/h2-10,15H,11H2,1H3. The molecule has 0 bridgehead atoms. The van der Waals surface area contributed by atoms with Crippen molar-refractivity contribution >= 4 is 11.7 Å². The Morgan fingerprint density at radius 3 is 2.65 bits per heavy atom. The Bertz CT molecular complexity index is 856. The molecule has 6 nitrogen and oxygen atoms in total. The van der Waals surface area contributed by atoms with E-state index < -0.39 is 0 Å². The van der Waals surface area contributed by atoms with Gasteiger partial charge >= 0.3 is 0 Å². The Hall–Kier alpha value is -3.02. The second-order valence-electron chi connectivity index (χ2n) is 5.31. The van der Waals surface area contributed by atoms with Gasteiger partial charge < -0.3 is 4.74 Å². The third-order valence-electron chi connectivity index (χ3n) is 4.00. The van der Waals surface area contributed by atoms with Crippen LogP contribution in [0, 0.1) is 0 Å². The Morgan fingerprint density at radius 1 is 1.04 bits per heavy atom. The van der Waals surface area contributed by atoms with E-state index in [-0.39, 0.29) is 6.04 Å². The largest absolute Gasteiger partial charge is 0.496 e. The van der Waals surface area contributed by atoms with E-state index in [2.05, 4.69) is 32.7 Å². The molecule has 4 rings (SSSR count). The molecule has 1 atom stereocenters. The highest BCUT2D eigenvalue weighted by Crippen LogP contribution is 2.35. The molecule has 0 fully saturated rings. The van der Waals surface area contributed by atoms with Crippen molar-refractivity contribution in [3.05, 3.63) is 65.7 Å². The number of para-hydroxylation sites is 1. The molecule has 114 valence electrons. The van der Waals surface area contributed by atoms with E-state index in [1.54, 1.807) is 11.8 Å². The lowest BCUT2D eigenvalue weighted by atomic mass is 9.95. The summed E-state index contributed by atoms with van der Waals surface area (Å²) >= 11 is 0. The van der Waals surface area contributed by atoms with Crippen molar-refractivity contribution in [2.24, 2.45) is 4.99 Å². The van der Waals surface area contributed by atoms with Gasteiger partial charge in [0.2, 0.25) is 0 Å². The van der Waals surface area contributed by atoms with Crippen molar-refractivity contribution in [1.29, 1.82) is 0 Å². The fourth-order valence-electron chi connectivity index (χ4n) is 2.90. The van der Waals surface area contributed by atoms with Gasteiger partial charge in [-0.15, -0.1) is 0 Å². The highest BCUT2D eigenvalue weighted by Gasteiger charge is 2.28. The van der Waals surface area contributed by atoms with E-state index in [4.69, 9.17) is 4.74 Å². The monoisotopic (exact) mass is 305 g/mol. The number of hydrogen-bond acceptors (Lipinski definition) is 5. The predicted octanol–water partition coefficient (Wildman–Crippen LogP) is 2.80. The zero-order valence-corrected chi connectivity index (χ0v) is 12.6. The molecule has 2 aromatic carbocycles. The van der Waals surface area contributed by atoms with Gasteiger partial charge in [0.1, 0.15) is 5.75 Å². The lowest BCUT2D eigenvalue weighted by Crippen LogP contribution is -2.21. The van der Waals surface area contributed by atoms with E-state index in [9.17, 15) is 0 Å². The molecule has 1 aromatic heterocycles. The van der Waals surface area contributed by atoms with Crippen molar-refractivity contribution in [2.75, 3.05) is 7.11 Å². The first kappa shape index (κ1) is 13.6. The van der Waals surface area contributed by atoms with Crippen LogP contribution < -0.4 is 4.74 Å². The number of hydrogen-bond donors (Lipinski definition) is 0. The number of tetrazole rings is 1. The summed E-state index contributed by atoms with van der Waals surface area (Å²) in [5, 5.41) is 11.9. The minimum absolute atomic E-state index is 0.0381. The Kier molecular flexibility index (Phi) is 3.34. The van der Waals surface area contributed by atoms with E-state index in [0.29, 0.717) is 12.4 Å². The molecule has 0 saturated carbocycles. The number of rotatable bonds is 3. The van der Waals surface area contributed by atoms with Crippen LogP contribution in [-0.2, 0) is 0 Å². The molecule has 3 aromatic rings. The van der Waals surface area contributed by atoms with Gasteiger partial charge in [-0.1, -0.05) is 53.6 Å². The van der Waals surface area contributed by atoms with Gasteiger partial charge in [0.25, 0.3) is 5.95 Å². The normalized spacial score (nSPS) is 16.6. The van der Waals surface area contributed by atoms with Crippen LogP contribution in [0.1, 0.15) is 23.6 Å². The first-order valence-electron chi connectivity index (χ1n) is 7.40. The molecule has 2 heterocycles. The fourth-order valence-corrected chi connectivity index (χ4v) is 2.90. The first-order valence-corrected chi connectivity index (χ1v) is 7.40. The lowest BCUT2D eigenvalue weighted by molar-refractivity contribution is 0.397. The number of benzene rings is 2. The van der Waals surface area contributed by atoms with Crippen LogP contribution in [0.4, 0.5) is 5.95 Å². The number of aromatic nitrogens is 4. The number of ether oxygens (including phenoxy) is 1. The average Bonchev–Trinajstić information content (AvgIpc) is 3.10. The zero-order chi connectivity index (χ0) is 15.6. The molecule has 1 aliphatic heterocycles. The molecule has 0 radical (unpaired) electrons. The van der Waals surface area contributed by atoms with Crippen LogP contribution in [0.2, 0.25) is 0 Å². The molecular weight excluding hydrogens is 290 g/mol. The summed E-state index contributed by atoms with van der Waals surface area (Å²) in [5.74, 6) is 1.35. The SMILES string of the molecule is COc1ccccc1C1CC(c2ccccc2)=Nc2nnnn21. The molecule has 6 heteroatoms. The smallest absolute Gasteiger partial charge is 0.269 e. The average molecular weight is 305 g/mol. The van der Waals surface area contributed by atoms with Crippen molar-refractivity contribution in [2.45, 2.75) is 12.5 Å². The number of fused-ring (bicyclic) bond motifs is 1. The van der Waals surface area contributed by atoms with Gasteiger partial charge in [-0.05, 0) is 22.1 Å². The molecule has 0 N–H and O–H groups in total. The molecular formula is C17H15N5O. The summed E-state index contributed by atoms with van der Waals surface area (Å²) in [7, 11) is 1.67. The quantitative estimate of drug-likeness (QED) is 0.746. The van der Waals surface area contributed by atoms with E-state index in [1.165, 1.54) is 0 Å². The van der Waals surface area contributed by atoms with Crippen LogP contribution in [-0.4, -0.2) is 33.0 Å². The number of methoxy groups -OCH3 is 1. The molecule has 23 heavy (non-hydrogen) atoms. The van der Waals surface area contributed by atoms with Gasteiger partial charge in [-0.2, -0.15) is 0 Å². The van der Waals surface area contributed by atoms with Gasteiger partial charge in [0, 0.05) is 12.0 Å². The van der Waals surface area contributed by atoms with Crippen LogP contribution in [0.25, 0.3) is 0 Å². The van der Waals surface area contributed by atoms with Gasteiger partial charge in [0.15, 0.2) is 0 Å². The number of nitrogens with zero attached hydrogens (tertiary/aromatic N) is 5. The van der Waals surface area contributed by atoms with E-state index >= 15 is 0 Å². The maximum atomic E-state index is 5.51. The minimum atomic E-state index is -0.0381. The predicted molar refractivity (Wildman–Crippen MR) is 86.2 cm³/mol. The molecule has 1 unspecified atom stereocenters. The highest BCUT2D eigenvalue weighted by molar-refractivity contribution is 6.02. The van der Waals surface area contributed by atoms with Crippen LogP contribution in [0.3, 0.4) is 0 Å². The van der Waals surface area contributed by atoms with Crippen molar-refractivity contribution < 1.29 is 4.74 Å². The number of aliphatic imine (C=N–C) groups is 1. The third-order valence-corrected chi connectivity index (χ3v) is 4.00. The van der Waals surface area contributed by atoms with Crippen molar-refractivity contribution in [3.8, 4) is 5.75 Å². The van der Waals surface area contributed by atoms with Crippen molar-refractivity contribution in [1.82, 2.24) is 20.2 Å². The van der Waals surface area contributed by atoms with Gasteiger partial charge in [-0.3, -0.25) is 0 Å². The first-order chi connectivity index (χ1) is 11.4. The Labute approximate surface area is 133 Å². The zero-order valence-electron chi connectivity index (χ0n) is 12.6. The summed E-state index contributed by atoms with van der Waals surface area (Å²) in [4.78, 5) is 4.61. The second kappa shape index (κ2) is 5.64. The molecule has 0 spiro atoms.